The molecule has 0 amide bonds. The number of nitrogens with zero attached hydrogens (tertiary/aromatic N) is 4. The monoisotopic (exact) mass is 273 g/mol. The molecule has 2 unspecified atom stereocenters. The predicted molar refractivity (Wildman–Crippen MR) is 83.8 cm³/mol. The van der Waals surface area contributed by atoms with E-state index in [1.54, 1.807) is 0 Å². The second-order valence-electron chi connectivity index (χ2n) is 3.97. The second kappa shape index (κ2) is 6.32. The summed E-state index contributed by atoms with van der Waals surface area (Å²) >= 11 is 0. The minimum absolute atomic E-state index is 0.187. The highest BCUT2D eigenvalue weighted by Gasteiger charge is 2.10. The zero-order valence-electron chi connectivity index (χ0n) is 10.2. The Bertz CT molecular complexity index is 352. The van der Waals surface area contributed by atoms with Gasteiger partial charge in [0, 0.05) is 25.9 Å². The van der Waals surface area contributed by atoms with Crippen LogP contribution in [0, 0.1) is 0 Å². The smallest absolute Gasteiger partial charge is 0.0822 e. The van der Waals surface area contributed by atoms with Crippen molar-refractivity contribution in [3.05, 3.63) is 0 Å². The van der Waals surface area contributed by atoms with Gasteiger partial charge in [0.25, 0.3) is 0 Å². The van der Waals surface area contributed by atoms with Crippen molar-refractivity contribution in [1.29, 1.82) is 0 Å². The van der Waals surface area contributed by atoms with Gasteiger partial charge in [-0.15, -0.1) is 10.2 Å². The van der Waals surface area contributed by atoms with Crippen LogP contribution < -0.4 is 5.32 Å². The minimum atomic E-state index is -0.187. The summed E-state index contributed by atoms with van der Waals surface area (Å²) < 4.78 is 0. The first-order chi connectivity index (χ1) is 8.27. The van der Waals surface area contributed by atoms with Crippen molar-refractivity contribution < 1.29 is 0 Å². The zero-order valence-corrected chi connectivity index (χ0v) is 12.0. The minimum Gasteiger partial charge on any atom is -0.316 e. The van der Waals surface area contributed by atoms with Crippen LogP contribution in [-0.4, -0.2) is 46.8 Å². The standard InChI is InChI=1S/C10H19N5S2/c1-16-7-12-14-9(16)3-5-11-6-4-10-15-13-8-17(10)2/h7-8,11,16-17H,3-6H2,1-2H3. The van der Waals surface area contributed by atoms with Gasteiger partial charge in [0.15, 0.2) is 0 Å². The quantitative estimate of drug-likeness (QED) is 0.496. The van der Waals surface area contributed by atoms with E-state index in [-0.39, 0.29) is 21.8 Å². The molecule has 2 atom stereocenters. The van der Waals surface area contributed by atoms with Gasteiger partial charge in [-0.05, 0) is 12.5 Å². The molecule has 0 spiro atoms. The molecule has 0 saturated heterocycles. The fraction of sp³-hybridized carbons (Fsp3) is 0.600. The van der Waals surface area contributed by atoms with E-state index in [4.69, 9.17) is 0 Å². The van der Waals surface area contributed by atoms with E-state index in [0.717, 1.165) is 25.9 Å². The van der Waals surface area contributed by atoms with Crippen LogP contribution in [0.2, 0.25) is 0 Å². The summed E-state index contributed by atoms with van der Waals surface area (Å²) in [4.78, 5) is 0. The summed E-state index contributed by atoms with van der Waals surface area (Å²) in [6, 6.07) is 0. The van der Waals surface area contributed by atoms with E-state index < -0.39 is 0 Å². The van der Waals surface area contributed by atoms with Gasteiger partial charge in [0.1, 0.15) is 0 Å². The highest BCUT2D eigenvalue weighted by atomic mass is 32.2. The molecule has 96 valence electrons. The molecule has 0 aromatic carbocycles. The third kappa shape index (κ3) is 3.65. The van der Waals surface area contributed by atoms with Gasteiger partial charge >= 0.3 is 0 Å². The number of thiol groups is 2. The largest absolute Gasteiger partial charge is 0.316 e. The number of nitrogens with one attached hydrogen (secondary N) is 1. The molecule has 7 heteroatoms. The van der Waals surface area contributed by atoms with Crippen molar-refractivity contribution in [3.63, 3.8) is 0 Å². The zero-order chi connectivity index (χ0) is 12.1. The van der Waals surface area contributed by atoms with E-state index in [2.05, 4.69) is 38.2 Å². The Morgan fingerprint density at radius 3 is 1.76 bits per heavy atom. The van der Waals surface area contributed by atoms with Crippen LogP contribution in [-0.2, 0) is 0 Å². The van der Waals surface area contributed by atoms with E-state index in [9.17, 15) is 0 Å². The average Bonchev–Trinajstić information content (AvgIpc) is 2.89. The van der Waals surface area contributed by atoms with Gasteiger partial charge in [0.05, 0.1) is 21.2 Å². The van der Waals surface area contributed by atoms with Crippen LogP contribution in [0.15, 0.2) is 20.4 Å². The molecule has 17 heavy (non-hydrogen) atoms. The van der Waals surface area contributed by atoms with E-state index in [0.29, 0.717) is 0 Å². The van der Waals surface area contributed by atoms with Gasteiger partial charge in [0.2, 0.25) is 0 Å². The van der Waals surface area contributed by atoms with E-state index in [1.165, 1.54) is 10.1 Å². The average molecular weight is 273 g/mol. The number of hydrogen-bond donors (Lipinski definition) is 3. The first-order valence-electron chi connectivity index (χ1n) is 5.64. The molecule has 0 fully saturated rings. The first-order valence-corrected chi connectivity index (χ1v) is 9.35. The molecule has 0 aromatic rings. The molecule has 2 aliphatic heterocycles. The lowest BCUT2D eigenvalue weighted by Crippen LogP contribution is -2.21. The van der Waals surface area contributed by atoms with Crippen LogP contribution in [0.25, 0.3) is 0 Å². The summed E-state index contributed by atoms with van der Waals surface area (Å²) in [6.07, 6.45) is 6.40. The Balaban J connectivity index is 1.55. The fourth-order valence-corrected chi connectivity index (χ4v) is 3.59. The highest BCUT2D eigenvalue weighted by molar-refractivity contribution is 8.40. The van der Waals surface area contributed by atoms with Crippen LogP contribution >= 0.6 is 21.8 Å². The molecule has 0 aromatic heterocycles. The van der Waals surface area contributed by atoms with Crippen molar-refractivity contribution in [2.45, 2.75) is 12.8 Å². The molecule has 2 heterocycles. The van der Waals surface area contributed by atoms with Crippen LogP contribution in [0.5, 0.6) is 0 Å². The van der Waals surface area contributed by atoms with Gasteiger partial charge in [-0.1, -0.05) is 0 Å². The second-order valence-corrected chi connectivity index (χ2v) is 7.90. The van der Waals surface area contributed by atoms with Crippen LogP contribution in [0.1, 0.15) is 12.8 Å². The maximum Gasteiger partial charge on any atom is 0.0822 e. The Hall–Kier alpha value is -0.660. The van der Waals surface area contributed by atoms with Crippen molar-refractivity contribution in [2.75, 3.05) is 25.6 Å². The molecule has 0 saturated carbocycles. The Kier molecular flexibility index (Phi) is 4.75. The highest BCUT2D eigenvalue weighted by Crippen LogP contribution is 2.26. The van der Waals surface area contributed by atoms with Crippen molar-refractivity contribution in [1.82, 2.24) is 5.32 Å². The molecule has 2 aliphatic rings. The summed E-state index contributed by atoms with van der Waals surface area (Å²) in [5, 5.41) is 22.1. The maximum atomic E-state index is 4.14. The number of rotatable bonds is 6. The Morgan fingerprint density at radius 2 is 1.41 bits per heavy atom. The molecular formula is C10H19N5S2. The van der Waals surface area contributed by atoms with Gasteiger partial charge < -0.3 is 5.32 Å². The van der Waals surface area contributed by atoms with Gasteiger partial charge in [-0.3, -0.25) is 0 Å². The fourth-order valence-electron chi connectivity index (χ4n) is 1.59. The van der Waals surface area contributed by atoms with Crippen LogP contribution in [0.3, 0.4) is 0 Å². The molecule has 0 bridgehead atoms. The molecule has 0 radical (unpaired) electrons. The normalized spacial score (nSPS) is 30.7. The van der Waals surface area contributed by atoms with Crippen molar-refractivity contribution in [3.8, 4) is 0 Å². The summed E-state index contributed by atoms with van der Waals surface area (Å²) in [5.74, 6) is 0. The van der Waals surface area contributed by atoms with Gasteiger partial charge in [-0.25, -0.2) is 0 Å². The van der Waals surface area contributed by atoms with Crippen LogP contribution in [0.4, 0.5) is 0 Å². The Morgan fingerprint density at radius 1 is 0.941 bits per heavy atom. The topological polar surface area (TPSA) is 61.5 Å². The molecule has 0 aliphatic carbocycles. The molecule has 2 rings (SSSR count). The van der Waals surface area contributed by atoms with E-state index >= 15 is 0 Å². The molecule has 5 nitrogen and oxygen atoms in total. The predicted octanol–water partition coefficient (Wildman–Crippen LogP) is 1.33. The maximum absolute atomic E-state index is 4.14. The summed E-state index contributed by atoms with van der Waals surface area (Å²) in [5.41, 5.74) is 3.92. The summed E-state index contributed by atoms with van der Waals surface area (Å²) in [7, 11) is -0.375. The van der Waals surface area contributed by atoms with Crippen molar-refractivity contribution >= 4 is 43.0 Å². The third-order valence-electron chi connectivity index (χ3n) is 2.66. The van der Waals surface area contributed by atoms with E-state index in [1.807, 2.05) is 11.1 Å². The third-order valence-corrected chi connectivity index (χ3v) is 5.82. The molecule has 1 N–H and O–H groups in total. The lowest BCUT2D eigenvalue weighted by atomic mass is 10.4. The first kappa shape index (κ1) is 12.8. The summed E-state index contributed by atoms with van der Waals surface area (Å²) in [6.45, 7) is 1.95. The lowest BCUT2D eigenvalue weighted by Gasteiger charge is -2.10. The SMILES string of the molecule is C[SH]1C=NN=C1CCNCCC1=NN=C[SH]1C. The number of hydrogen-bond acceptors (Lipinski definition) is 5. The van der Waals surface area contributed by atoms with Gasteiger partial charge in [-0.2, -0.15) is 32.0 Å². The van der Waals surface area contributed by atoms with Crippen molar-refractivity contribution in [2.24, 2.45) is 20.4 Å². The molecular weight excluding hydrogens is 254 g/mol. The Labute approximate surface area is 107 Å². The lowest BCUT2D eigenvalue weighted by molar-refractivity contribution is 0.719.